The van der Waals surface area contributed by atoms with Crippen molar-refractivity contribution in [1.29, 1.82) is 0 Å². The lowest BCUT2D eigenvalue weighted by molar-refractivity contribution is 0.669. The monoisotopic (exact) mass is 718 g/mol. The lowest BCUT2D eigenvalue weighted by atomic mass is 9.97. The quantitative estimate of drug-likeness (QED) is 0.157. The van der Waals surface area contributed by atoms with E-state index in [1.54, 1.807) is 0 Å². The zero-order valence-electron chi connectivity index (χ0n) is 30.3. The highest BCUT2D eigenvalue weighted by molar-refractivity contribution is 6.13. The third-order valence-electron chi connectivity index (χ3n) is 10.1. The van der Waals surface area contributed by atoms with Crippen LogP contribution in [0.2, 0.25) is 0 Å². The summed E-state index contributed by atoms with van der Waals surface area (Å²) in [4.78, 5) is 17.5. The molecule has 0 amide bonds. The third-order valence-corrected chi connectivity index (χ3v) is 10.1. The molecule has 0 aliphatic carbocycles. The summed E-state index contributed by atoms with van der Waals surface area (Å²) in [6.07, 6.45) is 0. The minimum atomic E-state index is 0.585. The van der Waals surface area contributed by atoms with E-state index in [2.05, 4.69) is 120 Å². The van der Waals surface area contributed by atoms with Crippen molar-refractivity contribution in [3.63, 3.8) is 0 Å². The van der Waals surface area contributed by atoms with Crippen molar-refractivity contribution in [3.05, 3.63) is 206 Å². The van der Waals surface area contributed by atoms with E-state index in [0.29, 0.717) is 17.5 Å². The van der Waals surface area contributed by atoms with Crippen LogP contribution in [0.3, 0.4) is 0 Å². The van der Waals surface area contributed by atoms with Crippen LogP contribution in [-0.2, 0) is 0 Å². The highest BCUT2D eigenvalue weighted by atomic mass is 16.3. The molecule has 264 valence electrons. The molecule has 0 aliphatic rings. The summed E-state index contributed by atoms with van der Waals surface area (Å²) in [7, 11) is 0. The molecule has 0 N–H and O–H groups in total. The molecule has 0 atom stereocenters. The highest BCUT2D eigenvalue weighted by Gasteiger charge is 2.20. The summed E-state index contributed by atoms with van der Waals surface area (Å²) >= 11 is 0. The van der Waals surface area contributed by atoms with Gasteiger partial charge in [-0.2, -0.15) is 0 Å². The minimum absolute atomic E-state index is 0.585. The van der Waals surface area contributed by atoms with Gasteiger partial charge in [-0.3, -0.25) is 0 Å². The average molecular weight is 719 g/mol. The Bertz CT molecular complexity index is 2870. The molecule has 5 heteroatoms. The van der Waals surface area contributed by atoms with Crippen LogP contribution in [0.5, 0.6) is 0 Å². The Labute approximate surface area is 324 Å². The molecule has 0 radical (unpaired) electrons. The number of aromatic nitrogens is 3. The second kappa shape index (κ2) is 14.3. The number of rotatable bonds is 8. The van der Waals surface area contributed by atoms with E-state index < -0.39 is 0 Å². The van der Waals surface area contributed by atoms with E-state index in [9.17, 15) is 0 Å². The van der Waals surface area contributed by atoms with Gasteiger partial charge >= 0.3 is 0 Å². The van der Waals surface area contributed by atoms with Gasteiger partial charge in [-0.25, -0.2) is 15.0 Å². The number of furan rings is 1. The molecular weight excluding hydrogens is 685 g/mol. The van der Waals surface area contributed by atoms with Crippen molar-refractivity contribution < 1.29 is 4.42 Å². The molecule has 10 rings (SSSR count). The summed E-state index contributed by atoms with van der Waals surface area (Å²) in [5.74, 6) is 1.81. The first-order valence-electron chi connectivity index (χ1n) is 18.7. The van der Waals surface area contributed by atoms with Crippen LogP contribution < -0.4 is 4.90 Å². The molecule has 0 bridgehead atoms. The first kappa shape index (κ1) is 33.0. The first-order chi connectivity index (χ1) is 27.7. The van der Waals surface area contributed by atoms with Gasteiger partial charge in [-0.15, -0.1) is 0 Å². The van der Waals surface area contributed by atoms with E-state index in [4.69, 9.17) is 19.4 Å². The van der Waals surface area contributed by atoms with Crippen LogP contribution in [0, 0.1) is 0 Å². The Morgan fingerprint density at radius 2 is 0.750 bits per heavy atom. The van der Waals surface area contributed by atoms with Crippen molar-refractivity contribution in [2.45, 2.75) is 0 Å². The largest absolute Gasteiger partial charge is 0.456 e. The van der Waals surface area contributed by atoms with Gasteiger partial charge in [0, 0.05) is 44.5 Å². The molecule has 2 aromatic heterocycles. The summed E-state index contributed by atoms with van der Waals surface area (Å²) in [5.41, 5.74) is 11.9. The SMILES string of the molecule is c1ccc(-c2ccc(N(c3ccccc3)c3ccc(-c4cc(-c5nc(-c6ccccc6)nc(-c6ccccc6)n5)c5c(c4)oc4ccccc45)cc3)cc2)cc1. The fourth-order valence-electron chi connectivity index (χ4n) is 7.39. The van der Waals surface area contributed by atoms with Crippen LogP contribution >= 0.6 is 0 Å². The maximum absolute atomic E-state index is 6.55. The molecule has 0 spiro atoms. The maximum Gasteiger partial charge on any atom is 0.164 e. The van der Waals surface area contributed by atoms with Crippen molar-refractivity contribution in [2.24, 2.45) is 0 Å². The number of anilines is 3. The third kappa shape index (κ3) is 6.27. The Morgan fingerprint density at radius 3 is 1.32 bits per heavy atom. The van der Waals surface area contributed by atoms with Crippen LogP contribution in [0.15, 0.2) is 211 Å². The molecule has 0 fully saturated rings. The molecule has 2 heterocycles. The van der Waals surface area contributed by atoms with Crippen LogP contribution in [-0.4, -0.2) is 15.0 Å². The molecule has 10 aromatic rings. The van der Waals surface area contributed by atoms with Crippen LogP contribution in [0.25, 0.3) is 78.4 Å². The van der Waals surface area contributed by atoms with Gasteiger partial charge in [-0.1, -0.05) is 152 Å². The van der Waals surface area contributed by atoms with Gasteiger partial charge in [0.05, 0.1) is 0 Å². The summed E-state index contributed by atoms with van der Waals surface area (Å²) in [5, 5.41) is 1.98. The highest BCUT2D eigenvalue weighted by Crippen LogP contribution is 2.41. The van der Waals surface area contributed by atoms with E-state index >= 15 is 0 Å². The maximum atomic E-state index is 6.55. The number of fused-ring (bicyclic) bond motifs is 3. The van der Waals surface area contributed by atoms with Crippen molar-refractivity contribution >= 4 is 39.0 Å². The van der Waals surface area contributed by atoms with E-state index in [1.165, 1.54) is 11.1 Å². The van der Waals surface area contributed by atoms with E-state index in [1.807, 2.05) is 91.0 Å². The van der Waals surface area contributed by atoms with Gasteiger partial charge in [0.1, 0.15) is 11.2 Å². The average Bonchev–Trinajstić information content (AvgIpc) is 3.66. The van der Waals surface area contributed by atoms with Gasteiger partial charge in [-0.05, 0) is 76.9 Å². The molecule has 5 nitrogen and oxygen atoms in total. The Hall–Kier alpha value is -7.63. The zero-order valence-corrected chi connectivity index (χ0v) is 30.3. The number of hydrogen-bond acceptors (Lipinski definition) is 5. The van der Waals surface area contributed by atoms with Crippen LogP contribution in [0.4, 0.5) is 17.1 Å². The van der Waals surface area contributed by atoms with Crippen molar-refractivity contribution in [2.75, 3.05) is 4.90 Å². The molecule has 0 unspecified atom stereocenters. The lowest BCUT2D eigenvalue weighted by Crippen LogP contribution is -2.09. The molecule has 0 saturated heterocycles. The Morgan fingerprint density at radius 1 is 0.321 bits per heavy atom. The van der Waals surface area contributed by atoms with Crippen LogP contribution in [0.1, 0.15) is 0 Å². The van der Waals surface area contributed by atoms with E-state index in [0.717, 1.165) is 66.8 Å². The minimum Gasteiger partial charge on any atom is -0.456 e. The smallest absolute Gasteiger partial charge is 0.164 e. The number of hydrogen-bond donors (Lipinski definition) is 0. The summed E-state index contributed by atoms with van der Waals surface area (Å²) < 4.78 is 6.55. The molecule has 0 aliphatic heterocycles. The Balaban J connectivity index is 1.10. The first-order valence-corrected chi connectivity index (χ1v) is 18.7. The predicted molar refractivity (Wildman–Crippen MR) is 229 cm³/mol. The topological polar surface area (TPSA) is 55.1 Å². The Kier molecular flexibility index (Phi) is 8.43. The molecule has 56 heavy (non-hydrogen) atoms. The fourth-order valence-corrected chi connectivity index (χ4v) is 7.39. The second-order valence-corrected chi connectivity index (χ2v) is 13.7. The van der Waals surface area contributed by atoms with Gasteiger partial charge in [0.15, 0.2) is 17.5 Å². The fraction of sp³-hybridized carbons (Fsp3) is 0. The van der Waals surface area contributed by atoms with Gasteiger partial charge in [0.2, 0.25) is 0 Å². The standard InChI is InChI=1S/C51H34N4O/c1-5-15-35(16-6-1)36-25-29-42(30-26-36)55(41-21-11-4-12-22-41)43-31-27-37(28-32-43)40-33-45(48-44-23-13-14-24-46(44)56-47(48)34-40)51-53-49(38-17-7-2-8-18-38)52-50(54-51)39-19-9-3-10-20-39/h1-34H. The lowest BCUT2D eigenvalue weighted by Gasteiger charge is -2.26. The number of benzene rings is 8. The van der Waals surface area contributed by atoms with Crippen molar-refractivity contribution in [1.82, 2.24) is 15.0 Å². The molecule has 8 aromatic carbocycles. The summed E-state index contributed by atoms with van der Waals surface area (Å²) in [6, 6.07) is 71.0. The van der Waals surface area contributed by atoms with Gasteiger partial charge < -0.3 is 9.32 Å². The van der Waals surface area contributed by atoms with Crippen molar-refractivity contribution in [3.8, 4) is 56.4 Å². The normalized spacial score (nSPS) is 11.2. The zero-order chi connectivity index (χ0) is 37.3. The van der Waals surface area contributed by atoms with Gasteiger partial charge in [0.25, 0.3) is 0 Å². The summed E-state index contributed by atoms with van der Waals surface area (Å²) in [6.45, 7) is 0. The molecule has 0 saturated carbocycles. The predicted octanol–water partition coefficient (Wildman–Crippen LogP) is 13.6. The molecular formula is C51H34N4O. The number of nitrogens with zero attached hydrogens (tertiary/aromatic N) is 4. The van der Waals surface area contributed by atoms with E-state index in [-0.39, 0.29) is 0 Å². The second-order valence-electron chi connectivity index (χ2n) is 13.7. The number of para-hydroxylation sites is 2.